The van der Waals surface area contributed by atoms with Crippen molar-refractivity contribution in [3.63, 3.8) is 0 Å². The van der Waals surface area contributed by atoms with Gasteiger partial charge in [0.1, 0.15) is 0 Å². The third-order valence-corrected chi connectivity index (χ3v) is 3.35. The van der Waals surface area contributed by atoms with Crippen LogP contribution in [0.1, 0.15) is 20.3 Å². The molecule has 104 valence electrons. The van der Waals surface area contributed by atoms with Crippen LogP contribution in [0.5, 0.6) is 0 Å². The van der Waals surface area contributed by atoms with Crippen LogP contribution in [0.15, 0.2) is 18.5 Å². The maximum atomic E-state index is 12.1. The molecule has 19 heavy (non-hydrogen) atoms. The molecule has 0 aliphatic carbocycles. The van der Waals surface area contributed by atoms with E-state index in [1.807, 2.05) is 6.92 Å². The quantitative estimate of drug-likeness (QED) is 0.875. The van der Waals surface area contributed by atoms with Gasteiger partial charge in [0.15, 0.2) is 0 Å². The van der Waals surface area contributed by atoms with Crippen LogP contribution in [0, 0.1) is 0 Å². The summed E-state index contributed by atoms with van der Waals surface area (Å²) in [6.45, 7) is 6.24. The largest absolute Gasteiger partial charge is 0.376 e. The van der Waals surface area contributed by atoms with Gasteiger partial charge in [0.05, 0.1) is 18.8 Å². The van der Waals surface area contributed by atoms with Crippen molar-refractivity contribution in [2.75, 3.05) is 25.0 Å². The number of amides is 1. The van der Waals surface area contributed by atoms with Crippen molar-refractivity contribution in [1.82, 2.24) is 14.9 Å². The van der Waals surface area contributed by atoms with Crippen molar-refractivity contribution >= 4 is 11.9 Å². The number of nitrogens with zero attached hydrogens (tertiary/aromatic N) is 3. The molecular weight excluding hydrogens is 244 g/mol. The molecule has 2 rings (SSSR count). The lowest BCUT2D eigenvalue weighted by atomic mass is 10.1. The van der Waals surface area contributed by atoms with Gasteiger partial charge >= 0.3 is 0 Å². The van der Waals surface area contributed by atoms with Gasteiger partial charge in [-0.05, 0) is 19.4 Å². The van der Waals surface area contributed by atoms with E-state index in [1.54, 1.807) is 18.5 Å². The highest BCUT2D eigenvalue weighted by atomic mass is 16.5. The Morgan fingerprint density at radius 2 is 2.32 bits per heavy atom. The number of morpholine rings is 1. The maximum absolute atomic E-state index is 12.1. The molecule has 1 amide bonds. The molecule has 1 aliphatic heterocycles. The van der Waals surface area contributed by atoms with Gasteiger partial charge in [0, 0.05) is 25.5 Å². The van der Waals surface area contributed by atoms with Gasteiger partial charge in [-0.2, -0.15) is 0 Å². The van der Waals surface area contributed by atoms with E-state index in [0.717, 1.165) is 19.5 Å². The van der Waals surface area contributed by atoms with Crippen LogP contribution < -0.4 is 5.32 Å². The molecule has 2 heterocycles. The van der Waals surface area contributed by atoms with Crippen LogP contribution in [0.4, 0.5) is 5.95 Å². The number of anilines is 1. The average Bonchev–Trinajstić information content (AvgIpc) is 2.47. The SMILES string of the molecule is CC[C@H]1CN([C@@H](C)C(=O)Nc2ncccn2)CCO1. The Kier molecular flexibility index (Phi) is 4.81. The van der Waals surface area contributed by atoms with E-state index < -0.39 is 0 Å². The van der Waals surface area contributed by atoms with Gasteiger partial charge in [-0.25, -0.2) is 9.97 Å². The number of hydrogen-bond donors (Lipinski definition) is 1. The highest BCUT2D eigenvalue weighted by molar-refractivity contribution is 5.93. The molecule has 6 heteroatoms. The van der Waals surface area contributed by atoms with Crippen molar-refractivity contribution in [3.8, 4) is 0 Å². The minimum atomic E-state index is -0.207. The van der Waals surface area contributed by atoms with Crippen molar-refractivity contribution in [3.05, 3.63) is 18.5 Å². The molecule has 0 saturated carbocycles. The minimum Gasteiger partial charge on any atom is -0.376 e. The van der Waals surface area contributed by atoms with Gasteiger partial charge in [0.2, 0.25) is 11.9 Å². The fraction of sp³-hybridized carbons (Fsp3) is 0.615. The number of aromatic nitrogens is 2. The van der Waals surface area contributed by atoms with E-state index >= 15 is 0 Å². The first-order valence-corrected chi connectivity index (χ1v) is 6.64. The predicted molar refractivity (Wildman–Crippen MR) is 71.7 cm³/mol. The van der Waals surface area contributed by atoms with E-state index in [1.165, 1.54) is 0 Å². The van der Waals surface area contributed by atoms with E-state index in [9.17, 15) is 4.79 Å². The Morgan fingerprint density at radius 3 is 3.00 bits per heavy atom. The summed E-state index contributed by atoms with van der Waals surface area (Å²) in [6.07, 6.45) is 4.40. The molecule has 0 unspecified atom stereocenters. The summed E-state index contributed by atoms with van der Waals surface area (Å²) >= 11 is 0. The summed E-state index contributed by atoms with van der Waals surface area (Å²) in [6, 6.07) is 1.51. The van der Waals surface area contributed by atoms with E-state index in [2.05, 4.69) is 27.1 Å². The molecule has 6 nitrogen and oxygen atoms in total. The standard InChI is InChI=1S/C13H20N4O2/c1-3-11-9-17(7-8-19-11)10(2)12(18)16-13-14-5-4-6-15-13/h4-6,10-11H,3,7-9H2,1-2H3,(H,14,15,16,18)/t10-,11-/m0/s1. The number of ether oxygens (including phenoxy) is 1. The monoisotopic (exact) mass is 264 g/mol. The fourth-order valence-electron chi connectivity index (χ4n) is 2.08. The van der Waals surface area contributed by atoms with E-state index in [0.29, 0.717) is 12.6 Å². The van der Waals surface area contributed by atoms with Crippen LogP contribution in [-0.2, 0) is 9.53 Å². The van der Waals surface area contributed by atoms with Gasteiger partial charge in [-0.3, -0.25) is 15.0 Å². The Morgan fingerprint density at radius 1 is 1.58 bits per heavy atom. The summed E-state index contributed by atoms with van der Waals surface area (Å²) < 4.78 is 5.61. The second-order valence-corrected chi connectivity index (χ2v) is 4.63. The molecule has 1 aliphatic rings. The zero-order valence-corrected chi connectivity index (χ0v) is 11.4. The molecule has 1 saturated heterocycles. The van der Waals surface area contributed by atoms with Gasteiger partial charge in [-0.1, -0.05) is 6.92 Å². The third kappa shape index (κ3) is 3.71. The predicted octanol–water partition coefficient (Wildman–Crippen LogP) is 0.914. The van der Waals surface area contributed by atoms with Gasteiger partial charge in [0.25, 0.3) is 0 Å². The molecule has 1 N–H and O–H groups in total. The molecule has 1 aromatic rings. The molecule has 0 aromatic carbocycles. The highest BCUT2D eigenvalue weighted by Crippen LogP contribution is 2.12. The van der Waals surface area contributed by atoms with Crippen LogP contribution in [0.3, 0.4) is 0 Å². The molecule has 0 spiro atoms. The number of carbonyl (C=O) groups excluding carboxylic acids is 1. The van der Waals surface area contributed by atoms with Crippen molar-refractivity contribution in [1.29, 1.82) is 0 Å². The first-order chi connectivity index (χ1) is 9.20. The highest BCUT2D eigenvalue weighted by Gasteiger charge is 2.27. The number of rotatable bonds is 4. The van der Waals surface area contributed by atoms with Crippen LogP contribution in [0.2, 0.25) is 0 Å². The Labute approximate surface area is 113 Å². The normalized spacial score (nSPS) is 21.9. The number of carbonyl (C=O) groups is 1. The lowest BCUT2D eigenvalue weighted by Gasteiger charge is -2.35. The zero-order chi connectivity index (χ0) is 13.7. The first kappa shape index (κ1) is 13.9. The van der Waals surface area contributed by atoms with Crippen molar-refractivity contribution in [2.24, 2.45) is 0 Å². The lowest BCUT2D eigenvalue weighted by Crippen LogP contribution is -2.50. The Balaban J connectivity index is 1.91. The second-order valence-electron chi connectivity index (χ2n) is 4.63. The molecular formula is C13H20N4O2. The molecule has 1 fully saturated rings. The van der Waals surface area contributed by atoms with Crippen LogP contribution in [0.25, 0.3) is 0 Å². The maximum Gasteiger partial charge on any atom is 0.243 e. The summed E-state index contributed by atoms with van der Waals surface area (Å²) in [5.41, 5.74) is 0. The lowest BCUT2D eigenvalue weighted by molar-refractivity contribution is -0.124. The number of hydrogen-bond acceptors (Lipinski definition) is 5. The minimum absolute atomic E-state index is 0.0806. The second kappa shape index (κ2) is 6.58. The van der Waals surface area contributed by atoms with Gasteiger partial charge in [-0.15, -0.1) is 0 Å². The van der Waals surface area contributed by atoms with Crippen LogP contribution in [-0.4, -0.2) is 52.6 Å². The fourth-order valence-corrected chi connectivity index (χ4v) is 2.08. The molecule has 0 bridgehead atoms. The van der Waals surface area contributed by atoms with E-state index in [-0.39, 0.29) is 18.1 Å². The Hall–Kier alpha value is -1.53. The van der Waals surface area contributed by atoms with E-state index in [4.69, 9.17) is 4.74 Å². The average molecular weight is 264 g/mol. The van der Waals surface area contributed by atoms with Crippen LogP contribution >= 0.6 is 0 Å². The molecule has 1 aromatic heterocycles. The summed E-state index contributed by atoms with van der Waals surface area (Å²) in [5, 5.41) is 2.73. The van der Waals surface area contributed by atoms with Crippen molar-refractivity contribution in [2.45, 2.75) is 32.4 Å². The first-order valence-electron chi connectivity index (χ1n) is 6.64. The third-order valence-electron chi connectivity index (χ3n) is 3.35. The molecule has 0 radical (unpaired) electrons. The van der Waals surface area contributed by atoms with Crippen molar-refractivity contribution < 1.29 is 9.53 Å². The molecule has 2 atom stereocenters. The summed E-state index contributed by atoms with van der Waals surface area (Å²) in [4.78, 5) is 22.3. The smallest absolute Gasteiger partial charge is 0.243 e. The Bertz CT molecular complexity index is 412. The summed E-state index contributed by atoms with van der Waals surface area (Å²) in [7, 11) is 0. The topological polar surface area (TPSA) is 67.4 Å². The zero-order valence-electron chi connectivity index (χ0n) is 11.4. The number of nitrogens with one attached hydrogen (secondary N) is 1. The summed E-state index contributed by atoms with van der Waals surface area (Å²) in [5.74, 6) is 0.266. The van der Waals surface area contributed by atoms with Gasteiger partial charge < -0.3 is 4.74 Å².